The smallest absolute Gasteiger partial charge is 0.0445 e. The fourth-order valence-corrected chi connectivity index (χ4v) is 4.35. The van der Waals surface area contributed by atoms with Gasteiger partial charge in [0.15, 0.2) is 0 Å². The van der Waals surface area contributed by atoms with Crippen LogP contribution in [0.5, 0.6) is 0 Å². The molecule has 0 aliphatic carbocycles. The Morgan fingerprint density at radius 3 is 2.74 bits per heavy atom. The second-order valence-electron chi connectivity index (χ2n) is 4.16. The molecule has 3 rings (SSSR count). The minimum atomic E-state index is 0.828. The molecule has 2 heterocycles. The summed E-state index contributed by atoms with van der Waals surface area (Å²) in [7, 11) is 0. The number of thiophene rings is 2. The van der Waals surface area contributed by atoms with Crippen LogP contribution in [-0.4, -0.2) is 0 Å². The molecule has 0 unspecified atom stereocenters. The van der Waals surface area contributed by atoms with Crippen LogP contribution >= 0.6 is 50.2 Å². The van der Waals surface area contributed by atoms with Crippen molar-refractivity contribution in [1.82, 2.24) is 0 Å². The molecule has 0 bridgehead atoms. The molecule has 96 valence electrons. The van der Waals surface area contributed by atoms with E-state index >= 15 is 0 Å². The Kier molecular flexibility index (Phi) is 4.08. The summed E-state index contributed by atoms with van der Waals surface area (Å²) < 4.78 is 1.07. The van der Waals surface area contributed by atoms with Crippen LogP contribution < -0.4 is 0 Å². The van der Waals surface area contributed by atoms with Crippen LogP contribution in [0.15, 0.2) is 52.3 Å². The van der Waals surface area contributed by atoms with Crippen LogP contribution in [-0.2, 0) is 6.42 Å². The second kappa shape index (κ2) is 5.80. The van der Waals surface area contributed by atoms with E-state index in [1.807, 2.05) is 23.5 Å². The first-order valence-corrected chi connectivity index (χ1v) is 8.65. The van der Waals surface area contributed by atoms with Crippen LogP contribution in [0.3, 0.4) is 0 Å². The lowest BCUT2D eigenvalue weighted by atomic mass is 10.1. The average Bonchev–Trinajstić information content (AvgIpc) is 3.04. The fraction of sp³-hybridized carbons (Fsp3) is 0.0667. The number of hydrogen-bond donors (Lipinski definition) is 0. The number of benzene rings is 1. The molecule has 0 radical (unpaired) electrons. The normalized spacial score (nSPS) is 10.8. The van der Waals surface area contributed by atoms with E-state index in [2.05, 4.69) is 51.6 Å². The summed E-state index contributed by atoms with van der Waals surface area (Å²) in [5, 5.41) is 2.94. The van der Waals surface area contributed by atoms with Gasteiger partial charge in [0.05, 0.1) is 0 Å². The van der Waals surface area contributed by atoms with E-state index in [0.29, 0.717) is 0 Å². The molecule has 0 spiro atoms. The third-order valence-electron chi connectivity index (χ3n) is 2.80. The van der Waals surface area contributed by atoms with Gasteiger partial charge >= 0.3 is 0 Å². The number of halogens is 2. The van der Waals surface area contributed by atoms with Gasteiger partial charge in [0.2, 0.25) is 0 Å². The van der Waals surface area contributed by atoms with Crippen molar-refractivity contribution in [1.29, 1.82) is 0 Å². The fourth-order valence-electron chi connectivity index (χ4n) is 1.89. The van der Waals surface area contributed by atoms with Crippen molar-refractivity contribution in [2.24, 2.45) is 0 Å². The largest absolute Gasteiger partial charge is 0.143 e. The predicted octanol–water partition coefficient (Wildman–Crippen LogP) is 6.48. The van der Waals surface area contributed by atoms with Crippen LogP contribution in [0.4, 0.5) is 0 Å². The van der Waals surface area contributed by atoms with Crippen molar-refractivity contribution in [3.8, 4) is 9.75 Å². The predicted molar refractivity (Wildman–Crippen MR) is 89.6 cm³/mol. The summed E-state index contributed by atoms with van der Waals surface area (Å²) in [6.07, 6.45) is 0.883. The van der Waals surface area contributed by atoms with Gasteiger partial charge in [-0.3, -0.25) is 0 Å². The standard InChI is InChI=1S/C15H10BrClS2/c16-11-3-5-13(17)10(8-11)9-12-4-6-15(19-12)14-2-1-7-18-14/h1-8H,9H2. The third-order valence-corrected chi connectivity index (χ3v) is 5.81. The number of rotatable bonds is 3. The van der Waals surface area contributed by atoms with E-state index in [1.165, 1.54) is 14.6 Å². The zero-order valence-electron chi connectivity index (χ0n) is 9.90. The van der Waals surface area contributed by atoms with Crippen LogP contribution in [0.1, 0.15) is 10.4 Å². The maximum atomic E-state index is 6.24. The van der Waals surface area contributed by atoms with Crippen molar-refractivity contribution in [2.45, 2.75) is 6.42 Å². The highest BCUT2D eigenvalue weighted by atomic mass is 79.9. The molecule has 2 aromatic heterocycles. The van der Waals surface area contributed by atoms with E-state index in [0.717, 1.165) is 21.5 Å². The lowest BCUT2D eigenvalue weighted by Gasteiger charge is -2.03. The van der Waals surface area contributed by atoms with Gasteiger partial charge in [-0.1, -0.05) is 33.6 Å². The third kappa shape index (κ3) is 3.11. The Morgan fingerprint density at radius 2 is 1.95 bits per heavy atom. The van der Waals surface area contributed by atoms with E-state index in [4.69, 9.17) is 11.6 Å². The van der Waals surface area contributed by atoms with E-state index in [1.54, 1.807) is 11.3 Å². The maximum absolute atomic E-state index is 6.24. The summed E-state index contributed by atoms with van der Waals surface area (Å²) in [4.78, 5) is 4.00. The quantitative estimate of drug-likeness (QED) is 0.495. The monoisotopic (exact) mass is 368 g/mol. The second-order valence-corrected chi connectivity index (χ2v) is 7.59. The molecule has 0 atom stereocenters. The molecule has 0 fully saturated rings. The molecule has 3 aromatic rings. The zero-order chi connectivity index (χ0) is 13.2. The Bertz CT molecular complexity index is 686. The molecule has 0 aliphatic rings. The zero-order valence-corrected chi connectivity index (χ0v) is 13.9. The van der Waals surface area contributed by atoms with Gasteiger partial charge in [0, 0.05) is 30.5 Å². The van der Waals surface area contributed by atoms with Crippen LogP contribution in [0.2, 0.25) is 5.02 Å². The molecule has 4 heteroatoms. The Balaban J connectivity index is 1.86. The van der Waals surface area contributed by atoms with Gasteiger partial charge in [-0.15, -0.1) is 22.7 Å². The van der Waals surface area contributed by atoms with Crippen molar-refractivity contribution in [3.63, 3.8) is 0 Å². The van der Waals surface area contributed by atoms with Crippen molar-refractivity contribution in [3.05, 3.63) is 67.8 Å². The van der Waals surface area contributed by atoms with Gasteiger partial charge in [-0.05, 0) is 47.3 Å². The molecular weight excluding hydrogens is 360 g/mol. The molecular formula is C15H10BrClS2. The van der Waals surface area contributed by atoms with Gasteiger partial charge in [-0.2, -0.15) is 0 Å². The summed E-state index contributed by atoms with van der Waals surface area (Å²) in [6.45, 7) is 0. The summed E-state index contributed by atoms with van der Waals surface area (Å²) in [6, 6.07) is 14.6. The molecule has 0 aliphatic heterocycles. The first kappa shape index (κ1) is 13.4. The van der Waals surface area contributed by atoms with Crippen molar-refractivity contribution >= 4 is 50.2 Å². The molecule has 0 amide bonds. The number of hydrogen-bond acceptors (Lipinski definition) is 2. The molecule has 1 aromatic carbocycles. The first-order chi connectivity index (χ1) is 9.22. The van der Waals surface area contributed by atoms with E-state index in [9.17, 15) is 0 Å². The summed E-state index contributed by atoms with van der Waals surface area (Å²) >= 11 is 13.3. The lowest BCUT2D eigenvalue weighted by molar-refractivity contribution is 1.24. The highest BCUT2D eigenvalue weighted by Crippen LogP contribution is 2.33. The Hall–Kier alpha value is -0.610. The van der Waals surface area contributed by atoms with Gasteiger partial charge < -0.3 is 0 Å². The highest BCUT2D eigenvalue weighted by molar-refractivity contribution is 9.10. The Labute approximate surface area is 133 Å². The SMILES string of the molecule is Clc1ccc(Br)cc1Cc1ccc(-c2cccs2)s1. The van der Waals surface area contributed by atoms with Gasteiger partial charge in [-0.25, -0.2) is 0 Å². The molecule has 0 saturated carbocycles. The minimum Gasteiger partial charge on any atom is -0.143 e. The maximum Gasteiger partial charge on any atom is 0.0445 e. The molecule has 19 heavy (non-hydrogen) atoms. The Morgan fingerprint density at radius 1 is 1.05 bits per heavy atom. The van der Waals surface area contributed by atoms with E-state index in [-0.39, 0.29) is 0 Å². The molecule has 0 saturated heterocycles. The average molecular weight is 370 g/mol. The van der Waals surface area contributed by atoms with Crippen LogP contribution in [0, 0.1) is 0 Å². The van der Waals surface area contributed by atoms with Crippen molar-refractivity contribution < 1.29 is 0 Å². The topological polar surface area (TPSA) is 0 Å². The van der Waals surface area contributed by atoms with Crippen molar-refractivity contribution in [2.75, 3.05) is 0 Å². The highest BCUT2D eigenvalue weighted by Gasteiger charge is 2.07. The van der Waals surface area contributed by atoms with Crippen LogP contribution in [0.25, 0.3) is 9.75 Å². The lowest BCUT2D eigenvalue weighted by Crippen LogP contribution is -1.86. The minimum absolute atomic E-state index is 0.828. The van der Waals surface area contributed by atoms with E-state index < -0.39 is 0 Å². The summed E-state index contributed by atoms with van der Waals surface area (Å²) in [5.74, 6) is 0. The molecule has 0 N–H and O–H groups in total. The first-order valence-electron chi connectivity index (χ1n) is 5.79. The van der Waals surface area contributed by atoms with Gasteiger partial charge in [0.1, 0.15) is 0 Å². The molecule has 0 nitrogen and oxygen atoms in total. The van der Waals surface area contributed by atoms with Gasteiger partial charge in [0.25, 0.3) is 0 Å². The summed E-state index contributed by atoms with van der Waals surface area (Å²) in [5.41, 5.74) is 1.16.